The first kappa shape index (κ1) is 15.0. The van der Waals surface area contributed by atoms with E-state index in [0.717, 1.165) is 12.8 Å². The lowest BCUT2D eigenvalue weighted by Crippen LogP contribution is -2.38. The molecule has 1 saturated carbocycles. The number of unbranched alkanes of at least 4 members (excludes halogenated alkanes) is 2. The minimum Gasteiger partial charge on any atom is -0.481 e. The average Bonchev–Trinajstić information content (AvgIpc) is 2.83. The predicted octanol–water partition coefficient (Wildman–Crippen LogP) is 1.28. The van der Waals surface area contributed by atoms with Gasteiger partial charge in [-0.1, -0.05) is 19.3 Å². The van der Waals surface area contributed by atoms with Gasteiger partial charge in [0, 0.05) is 19.0 Å². The van der Waals surface area contributed by atoms with Gasteiger partial charge in [-0.05, 0) is 25.7 Å². The molecule has 1 aliphatic carbocycles. The summed E-state index contributed by atoms with van der Waals surface area (Å²) in [5.74, 6) is -0.708. The third-order valence-corrected chi connectivity index (χ3v) is 3.30. The Morgan fingerprint density at radius 1 is 1.11 bits per heavy atom. The van der Waals surface area contributed by atoms with Crippen LogP contribution in [0.1, 0.15) is 51.4 Å². The standard InChI is InChI=1S/C13H24N2O3/c16-12(10-15-11-6-3-4-7-11)14-9-5-1-2-8-13(17)18/h11,15H,1-10H2,(H,14,16)(H,17,18). The van der Waals surface area contributed by atoms with Crippen molar-refractivity contribution >= 4 is 11.9 Å². The smallest absolute Gasteiger partial charge is 0.303 e. The third kappa shape index (κ3) is 7.27. The number of carbonyl (C=O) groups is 2. The van der Waals surface area contributed by atoms with Crippen LogP contribution in [0.3, 0.4) is 0 Å². The highest BCUT2D eigenvalue weighted by Crippen LogP contribution is 2.17. The quantitative estimate of drug-likeness (QED) is 0.543. The lowest BCUT2D eigenvalue weighted by atomic mass is 10.2. The molecule has 3 N–H and O–H groups in total. The van der Waals surface area contributed by atoms with Gasteiger partial charge < -0.3 is 15.7 Å². The van der Waals surface area contributed by atoms with Gasteiger partial charge in [0.2, 0.25) is 5.91 Å². The van der Waals surface area contributed by atoms with Crippen LogP contribution in [0.2, 0.25) is 0 Å². The number of amides is 1. The molecule has 0 aliphatic heterocycles. The Bertz CT molecular complexity index is 263. The molecule has 5 nitrogen and oxygen atoms in total. The lowest BCUT2D eigenvalue weighted by Gasteiger charge is -2.11. The van der Waals surface area contributed by atoms with Gasteiger partial charge in [0.15, 0.2) is 0 Å². The van der Waals surface area contributed by atoms with Crippen molar-refractivity contribution < 1.29 is 14.7 Å². The van der Waals surface area contributed by atoms with Crippen molar-refractivity contribution in [3.8, 4) is 0 Å². The molecule has 0 radical (unpaired) electrons. The largest absolute Gasteiger partial charge is 0.481 e. The third-order valence-electron chi connectivity index (χ3n) is 3.30. The van der Waals surface area contributed by atoms with E-state index in [4.69, 9.17) is 5.11 Å². The first-order valence-electron chi connectivity index (χ1n) is 6.90. The number of aliphatic carboxylic acids is 1. The Morgan fingerprint density at radius 3 is 2.50 bits per heavy atom. The molecule has 0 aromatic rings. The predicted molar refractivity (Wildman–Crippen MR) is 69.4 cm³/mol. The van der Waals surface area contributed by atoms with Gasteiger partial charge in [0.1, 0.15) is 0 Å². The topological polar surface area (TPSA) is 78.4 Å². The molecule has 0 saturated heterocycles. The minimum atomic E-state index is -0.750. The Morgan fingerprint density at radius 2 is 1.83 bits per heavy atom. The molecule has 0 aromatic carbocycles. The molecule has 104 valence electrons. The number of hydrogen-bond acceptors (Lipinski definition) is 3. The van der Waals surface area contributed by atoms with E-state index < -0.39 is 5.97 Å². The van der Waals surface area contributed by atoms with E-state index in [1.807, 2.05) is 0 Å². The second-order valence-electron chi connectivity index (χ2n) is 4.92. The van der Waals surface area contributed by atoms with Crippen LogP contribution in [0.15, 0.2) is 0 Å². The monoisotopic (exact) mass is 256 g/mol. The molecule has 0 heterocycles. The Kier molecular flexibility index (Phi) is 7.41. The summed E-state index contributed by atoms with van der Waals surface area (Å²) in [5, 5.41) is 14.6. The van der Waals surface area contributed by atoms with E-state index in [2.05, 4.69) is 10.6 Å². The molecular weight excluding hydrogens is 232 g/mol. The zero-order valence-corrected chi connectivity index (χ0v) is 10.9. The summed E-state index contributed by atoms with van der Waals surface area (Å²) >= 11 is 0. The van der Waals surface area contributed by atoms with Crippen molar-refractivity contribution in [3.05, 3.63) is 0 Å². The highest BCUT2D eigenvalue weighted by atomic mass is 16.4. The Labute approximate surface area is 108 Å². The van der Waals surface area contributed by atoms with Crippen LogP contribution in [-0.2, 0) is 9.59 Å². The highest BCUT2D eigenvalue weighted by Gasteiger charge is 2.14. The Hall–Kier alpha value is -1.10. The molecule has 1 rings (SSSR count). The van der Waals surface area contributed by atoms with Crippen LogP contribution in [0.5, 0.6) is 0 Å². The van der Waals surface area contributed by atoms with Gasteiger partial charge in [-0.3, -0.25) is 9.59 Å². The van der Waals surface area contributed by atoms with Gasteiger partial charge in [0.05, 0.1) is 6.54 Å². The number of rotatable bonds is 9. The van der Waals surface area contributed by atoms with Crippen molar-refractivity contribution in [2.24, 2.45) is 0 Å². The molecule has 5 heteroatoms. The maximum Gasteiger partial charge on any atom is 0.303 e. The van der Waals surface area contributed by atoms with Crippen molar-refractivity contribution in [2.45, 2.75) is 57.4 Å². The van der Waals surface area contributed by atoms with Gasteiger partial charge in [-0.15, -0.1) is 0 Å². The molecular formula is C13H24N2O3. The molecule has 0 spiro atoms. The fourth-order valence-corrected chi connectivity index (χ4v) is 2.24. The maximum absolute atomic E-state index is 11.5. The highest BCUT2D eigenvalue weighted by molar-refractivity contribution is 5.77. The SMILES string of the molecule is O=C(O)CCCCCNC(=O)CNC1CCCC1. The molecule has 0 bridgehead atoms. The van der Waals surface area contributed by atoms with Crippen LogP contribution >= 0.6 is 0 Å². The van der Waals surface area contributed by atoms with Gasteiger partial charge in [-0.25, -0.2) is 0 Å². The van der Waals surface area contributed by atoms with Crippen LogP contribution in [0.25, 0.3) is 0 Å². The maximum atomic E-state index is 11.5. The number of hydrogen-bond donors (Lipinski definition) is 3. The van der Waals surface area contributed by atoms with Crippen LogP contribution < -0.4 is 10.6 Å². The van der Waals surface area contributed by atoms with E-state index in [-0.39, 0.29) is 12.3 Å². The van der Waals surface area contributed by atoms with Gasteiger partial charge >= 0.3 is 5.97 Å². The molecule has 0 atom stereocenters. The summed E-state index contributed by atoms with van der Waals surface area (Å²) in [6.45, 7) is 1.05. The average molecular weight is 256 g/mol. The van der Waals surface area contributed by atoms with Crippen LogP contribution in [-0.4, -0.2) is 36.1 Å². The molecule has 0 unspecified atom stereocenters. The summed E-state index contributed by atoms with van der Waals surface area (Å²) in [6, 6.07) is 0.520. The fraction of sp³-hybridized carbons (Fsp3) is 0.846. The molecule has 0 aromatic heterocycles. The summed E-state index contributed by atoms with van der Waals surface area (Å²) in [6.07, 6.45) is 7.50. The number of carbonyl (C=O) groups excluding carboxylic acids is 1. The molecule has 1 aliphatic rings. The summed E-state index contributed by atoms with van der Waals surface area (Å²) in [7, 11) is 0. The van der Waals surface area contributed by atoms with Gasteiger partial charge in [0.25, 0.3) is 0 Å². The zero-order valence-electron chi connectivity index (χ0n) is 10.9. The first-order valence-corrected chi connectivity index (χ1v) is 6.90. The van der Waals surface area contributed by atoms with Crippen molar-refractivity contribution in [1.29, 1.82) is 0 Å². The zero-order chi connectivity index (χ0) is 13.2. The second kappa shape index (κ2) is 8.91. The van der Waals surface area contributed by atoms with Crippen LogP contribution in [0.4, 0.5) is 0 Å². The summed E-state index contributed by atoms with van der Waals surface area (Å²) < 4.78 is 0. The van der Waals surface area contributed by atoms with E-state index in [0.29, 0.717) is 25.6 Å². The van der Waals surface area contributed by atoms with E-state index in [1.165, 1.54) is 25.7 Å². The minimum absolute atomic E-state index is 0.0418. The van der Waals surface area contributed by atoms with Crippen molar-refractivity contribution in [2.75, 3.05) is 13.1 Å². The summed E-state index contributed by atoms with van der Waals surface area (Å²) in [5.41, 5.74) is 0. The number of carboxylic acid groups (broad SMARTS) is 1. The number of carboxylic acids is 1. The fourth-order valence-electron chi connectivity index (χ4n) is 2.24. The first-order chi connectivity index (χ1) is 8.68. The number of nitrogens with one attached hydrogen (secondary N) is 2. The normalized spacial score (nSPS) is 15.8. The second-order valence-corrected chi connectivity index (χ2v) is 4.92. The van der Waals surface area contributed by atoms with Crippen LogP contribution in [0, 0.1) is 0 Å². The van der Waals surface area contributed by atoms with Crippen molar-refractivity contribution in [1.82, 2.24) is 10.6 Å². The summed E-state index contributed by atoms with van der Waals surface area (Å²) in [4.78, 5) is 21.7. The molecule has 1 fully saturated rings. The van der Waals surface area contributed by atoms with Gasteiger partial charge in [-0.2, -0.15) is 0 Å². The lowest BCUT2D eigenvalue weighted by molar-refractivity contribution is -0.137. The van der Waals surface area contributed by atoms with Crippen molar-refractivity contribution in [3.63, 3.8) is 0 Å². The molecule has 1 amide bonds. The Balaban J connectivity index is 1.88. The molecule has 18 heavy (non-hydrogen) atoms. The van der Waals surface area contributed by atoms with E-state index in [9.17, 15) is 9.59 Å². The van der Waals surface area contributed by atoms with E-state index in [1.54, 1.807) is 0 Å². The van der Waals surface area contributed by atoms with E-state index >= 15 is 0 Å².